The Morgan fingerprint density at radius 1 is 0.762 bits per heavy atom. The maximum absolute atomic E-state index is 13.0. The van der Waals surface area contributed by atoms with Crippen LogP contribution in [0.5, 0.6) is 0 Å². The van der Waals surface area contributed by atoms with Gasteiger partial charge in [0.2, 0.25) is 0 Å². The van der Waals surface area contributed by atoms with Crippen LogP contribution in [-0.2, 0) is 0 Å². The molecule has 1 heterocycles. The zero-order valence-electron chi connectivity index (χ0n) is 11.1. The molecule has 2 nitrogen and oxygen atoms in total. The van der Waals surface area contributed by atoms with E-state index in [0.717, 1.165) is 33.1 Å². The first-order valence-corrected chi connectivity index (χ1v) is 6.71. The van der Waals surface area contributed by atoms with Crippen LogP contribution in [-0.4, -0.2) is 9.97 Å². The molecule has 0 atom stereocenters. The summed E-state index contributed by atoms with van der Waals surface area (Å²) in [6.45, 7) is 0. The fourth-order valence-corrected chi connectivity index (χ4v) is 2.46. The molecule has 0 unspecified atom stereocenters. The normalized spacial score (nSPS) is 11.1. The standard InChI is InChI=1S/C18H11FN2/c19-15-7-5-12(6-8-15)18-11-20-16-9-13-3-1-2-4-14(13)10-17(16)21-18/h1-11H. The van der Waals surface area contributed by atoms with Gasteiger partial charge < -0.3 is 0 Å². The Morgan fingerprint density at radius 2 is 1.43 bits per heavy atom. The molecule has 4 rings (SSSR count). The lowest BCUT2D eigenvalue weighted by atomic mass is 10.1. The zero-order valence-corrected chi connectivity index (χ0v) is 11.1. The molecule has 0 fully saturated rings. The predicted molar refractivity (Wildman–Crippen MR) is 82.4 cm³/mol. The van der Waals surface area contributed by atoms with E-state index in [-0.39, 0.29) is 5.82 Å². The summed E-state index contributed by atoms with van der Waals surface area (Å²) in [7, 11) is 0. The quantitative estimate of drug-likeness (QED) is 0.474. The van der Waals surface area contributed by atoms with Gasteiger partial charge in [0.15, 0.2) is 0 Å². The van der Waals surface area contributed by atoms with E-state index in [1.54, 1.807) is 18.3 Å². The topological polar surface area (TPSA) is 25.8 Å². The SMILES string of the molecule is Fc1ccc(-c2cnc3cc4ccccc4cc3n2)cc1. The maximum Gasteiger partial charge on any atom is 0.123 e. The number of hydrogen-bond donors (Lipinski definition) is 0. The Morgan fingerprint density at radius 3 is 2.14 bits per heavy atom. The van der Waals surface area contributed by atoms with E-state index < -0.39 is 0 Å². The van der Waals surface area contributed by atoms with Gasteiger partial charge in [0.05, 0.1) is 22.9 Å². The van der Waals surface area contributed by atoms with Crippen LogP contribution in [0.15, 0.2) is 66.9 Å². The maximum atomic E-state index is 13.0. The second-order valence-electron chi connectivity index (χ2n) is 4.95. The van der Waals surface area contributed by atoms with Crippen LogP contribution in [0.1, 0.15) is 0 Å². The second-order valence-corrected chi connectivity index (χ2v) is 4.95. The number of aromatic nitrogens is 2. The van der Waals surface area contributed by atoms with Crippen molar-refractivity contribution in [1.29, 1.82) is 0 Å². The monoisotopic (exact) mass is 274 g/mol. The van der Waals surface area contributed by atoms with Crippen molar-refractivity contribution in [3.63, 3.8) is 0 Å². The van der Waals surface area contributed by atoms with Gasteiger partial charge in [-0.25, -0.2) is 9.37 Å². The molecule has 21 heavy (non-hydrogen) atoms. The minimum Gasteiger partial charge on any atom is -0.252 e. The van der Waals surface area contributed by atoms with Crippen molar-refractivity contribution >= 4 is 21.8 Å². The van der Waals surface area contributed by atoms with Gasteiger partial charge in [0.1, 0.15) is 5.82 Å². The van der Waals surface area contributed by atoms with Crippen LogP contribution in [0.4, 0.5) is 4.39 Å². The highest BCUT2D eigenvalue weighted by atomic mass is 19.1. The summed E-state index contributed by atoms with van der Waals surface area (Å²) < 4.78 is 13.0. The van der Waals surface area contributed by atoms with E-state index in [1.807, 2.05) is 24.3 Å². The van der Waals surface area contributed by atoms with Gasteiger partial charge in [-0.2, -0.15) is 0 Å². The van der Waals surface area contributed by atoms with E-state index >= 15 is 0 Å². The third-order valence-electron chi connectivity index (χ3n) is 3.55. The average molecular weight is 274 g/mol. The van der Waals surface area contributed by atoms with E-state index in [0.29, 0.717) is 0 Å². The van der Waals surface area contributed by atoms with Crippen LogP contribution >= 0.6 is 0 Å². The first-order valence-electron chi connectivity index (χ1n) is 6.71. The summed E-state index contributed by atoms with van der Waals surface area (Å²) in [5.74, 6) is -0.251. The summed E-state index contributed by atoms with van der Waals surface area (Å²) in [6.07, 6.45) is 1.73. The van der Waals surface area contributed by atoms with Crippen LogP contribution in [0.25, 0.3) is 33.1 Å². The van der Waals surface area contributed by atoms with Gasteiger partial charge in [-0.3, -0.25) is 4.98 Å². The van der Waals surface area contributed by atoms with Crippen molar-refractivity contribution < 1.29 is 4.39 Å². The number of hydrogen-bond acceptors (Lipinski definition) is 2. The Bertz CT molecular complexity index is 946. The number of halogens is 1. The number of fused-ring (bicyclic) bond motifs is 2. The Balaban J connectivity index is 1.92. The molecule has 0 spiro atoms. The Hall–Kier alpha value is -2.81. The van der Waals surface area contributed by atoms with E-state index in [1.165, 1.54) is 12.1 Å². The molecule has 0 aliphatic carbocycles. The van der Waals surface area contributed by atoms with Crippen LogP contribution in [0.2, 0.25) is 0 Å². The molecule has 1 aromatic heterocycles. The third-order valence-corrected chi connectivity index (χ3v) is 3.55. The number of nitrogens with zero attached hydrogens (tertiary/aromatic N) is 2. The molecule has 3 aromatic carbocycles. The van der Waals surface area contributed by atoms with Crippen molar-refractivity contribution in [2.45, 2.75) is 0 Å². The first kappa shape index (κ1) is 12.0. The van der Waals surface area contributed by atoms with Crippen LogP contribution in [0.3, 0.4) is 0 Å². The van der Waals surface area contributed by atoms with Gasteiger partial charge >= 0.3 is 0 Å². The summed E-state index contributed by atoms with van der Waals surface area (Å²) in [5.41, 5.74) is 3.31. The van der Waals surface area contributed by atoms with E-state index in [2.05, 4.69) is 22.1 Å². The molecule has 0 aliphatic rings. The Kier molecular flexibility index (Phi) is 2.64. The fourth-order valence-electron chi connectivity index (χ4n) is 2.46. The molecular weight excluding hydrogens is 263 g/mol. The van der Waals surface area contributed by atoms with Crippen LogP contribution in [0, 0.1) is 5.82 Å². The van der Waals surface area contributed by atoms with Gasteiger partial charge in [0, 0.05) is 5.56 Å². The highest BCUT2D eigenvalue weighted by Crippen LogP contribution is 2.23. The second kappa shape index (κ2) is 4.63. The molecule has 0 radical (unpaired) electrons. The molecule has 100 valence electrons. The highest BCUT2D eigenvalue weighted by molar-refractivity contribution is 5.95. The van der Waals surface area contributed by atoms with E-state index in [4.69, 9.17) is 0 Å². The Labute approximate surface area is 120 Å². The smallest absolute Gasteiger partial charge is 0.123 e. The third kappa shape index (κ3) is 2.13. The molecule has 3 heteroatoms. The minimum atomic E-state index is -0.251. The summed E-state index contributed by atoms with van der Waals surface area (Å²) in [4.78, 5) is 9.11. The average Bonchev–Trinajstić information content (AvgIpc) is 2.53. The summed E-state index contributed by atoms with van der Waals surface area (Å²) in [5, 5.41) is 2.28. The largest absolute Gasteiger partial charge is 0.252 e. The van der Waals surface area contributed by atoms with Crippen molar-refractivity contribution in [3.05, 3.63) is 72.7 Å². The summed E-state index contributed by atoms with van der Waals surface area (Å²) >= 11 is 0. The molecule has 0 aliphatic heterocycles. The molecule has 4 aromatic rings. The van der Waals surface area contributed by atoms with E-state index in [9.17, 15) is 4.39 Å². The lowest BCUT2D eigenvalue weighted by Gasteiger charge is -2.04. The molecule has 0 N–H and O–H groups in total. The van der Waals surface area contributed by atoms with Crippen LogP contribution < -0.4 is 0 Å². The number of rotatable bonds is 1. The lowest BCUT2D eigenvalue weighted by molar-refractivity contribution is 0.628. The zero-order chi connectivity index (χ0) is 14.2. The van der Waals surface area contributed by atoms with Gasteiger partial charge in [-0.1, -0.05) is 24.3 Å². The van der Waals surface area contributed by atoms with Crippen molar-refractivity contribution in [2.24, 2.45) is 0 Å². The van der Waals surface area contributed by atoms with Gasteiger partial charge in [-0.05, 0) is 47.2 Å². The van der Waals surface area contributed by atoms with Gasteiger partial charge in [-0.15, -0.1) is 0 Å². The molecular formula is C18H11FN2. The molecule has 0 saturated carbocycles. The first-order chi connectivity index (χ1) is 10.3. The summed E-state index contributed by atoms with van der Waals surface area (Å²) in [6, 6.07) is 18.5. The number of benzene rings is 3. The molecule has 0 amide bonds. The van der Waals surface area contributed by atoms with Crippen molar-refractivity contribution in [3.8, 4) is 11.3 Å². The van der Waals surface area contributed by atoms with Crippen molar-refractivity contribution in [1.82, 2.24) is 9.97 Å². The minimum absolute atomic E-state index is 0.251. The predicted octanol–water partition coefficient (Wildman–Crippen LogP) is 4.59. The molecule has 0 bridgehead atoms. The molecule has 0 saturated heterocycles. The fraction of sp³-hybridized carbons (Fsp3) is 0. The highest BCUT2D eigenvalue weighted by Gasteiger charge is 2.04. The van der Waals surface area contributed by atoms with Crippen molar-refractivity contribution in [2.75, 3.05) is 0 Å². The van der Waals surface area contributed by atoms with Gasteiger partial charge in [0.25, 0.3) is 0 Å². The lowest BCUT2D eigenvalue weighted by Crippen LogP contribution is -1.89.